The van der Waals surface area contributed by atoms with Crippen molar-refractivity contribution in [2.75, 3.05) is 6.54 Å². The van der Waals surface area contributed by atoms with Gasteiger partial charge < -0.3 is 15.2 Å². The molecule has 1 aromatic carbocycles. The average molecular weight is 263 g/mol. The summed E-state index contributed by atoms with van der Waals surface area (Å²) in [6.45, 7) is 7.08. The molecule has 0 aromatic heterocycles. The third-order valence-electron chi connectivity index (χ3n) is 3.41. The highest BCUT2D eigenvalue weighted by Crippen LogP contribution is 2.25. The predicted molar refractivity (Wildman–Crippen MR) is 73.6 cm³/mol. The van der Waals surface area contributed by atoms with Gasteiger partial charge in [-0.2, -0.15) is 0 Å². The topological polar surface area (TPSA) is 58.6 Å². The van der Waals surface area contributed by atoms with Gasteiger partial charge in [-0.15, -0.1) is 0 Å². The van der Waals surface area contributed by atoms with E-state index in [1.54, 1.807) is 0 Å². The van der Waals surface area contributed by atoms with Crippen LogP contribution in [0.5, 0.6) is 5.75 Å². The van der Waals surface area contributed by atoms with Gasteiger partial charge in [-0.3, -0.25) is 4.79 Å². The SMILES string of the molecule is CC(C)(C)c1ccc(O[C@H]2CN[C@H](C(=O)O)C2)cc1. The minimum absolute atomic E-state index is 0.0680. The molecule has 1 aliphatic heterocycles. The van der Waals surface area contributed by atoms with Gasteiger partial charge in [-0.1, -0.05) is 32.9 Å². The Morgan fingerprint density at radius 1 is 1.32 bits per heavy atom. The number of hydrogen-bond donors (Lipinski definition) is 2. The maximum atomic E-state index is 10.8. The van der Waals surface area contributed by atoms with Crippen LogP contribution in [0.1, 0.15) is 32.8 Å². The fourth-order valence-corrected chi connectivity index (χ4v) is 2.21. The van der Waals surface area contributed by atoms with Gasteiger partial charge in [-0.25, -0.2) is 0 Å². The number of carboxylic acid groups (broad SMARTS) is 1. The zero-order valence-corrected chi connectivity index (χ0v) is 11.6. The first-order valence-electron chi connectivity index (χ1n) is 6.59. The first kappa shape index (κ1) is 13.9. The second-order valence-electron chi connectivity index (χ2n) is 6.05. The molecule has 104 valence electrons. The third kappa shape index (κ3) is 3.47. The van der Waals surface area contributed by atoms with E-state index in [0.29, 0.717) is 13.0 Å². The lowest BCUT2D eigenvalue weighted by Gasteiger charge is -2.20. The van der Waals surface area contributed by atoms with Crippen molar-refractivity contribution in [2.24, 2.45) is 0 Å². The molecule has 0 aliphatic carbocycles. The standard InChI is InChI=1S/C15H21NO3/c1-15(2,3)10-4-6-11(7-5-10)19-12-8-13(14(17)18)16-9-12/h4-7,12-13,16H,8-9H2,1-3H3,(H,17,18)/t12-,13+/m1/s1. The van der Waals surface area contributed by atoms with Crippen LogP contribution in [0.15, 0.2) is 24.3 Å². The Hall–Kier alpha value is -1.55. The maximum Gasteiger partial charge on any atom is 0.320 e. The van der Waals surface area contributed by atoms with E-state index < -0.39 is 12.0 Å². The van der Waals surface area contributed by atoms with E-state index in [9.17, 15) is 4.79 Å². The molecule has 1 aromatic rings. The first-order chi connectivity index (χ1) is 8.86. The summed E-state index contributed by atoms with van der Waals surface area (Å²) < 4.78 is 5.80. The Bertz CT molecular complexity index is 447. The summed E-state index contributed by atoms with van der Waals surface area (Å²) in [6.07, 6.45) is 0.442. The largest absolute Gasteiger partial charge is 0.489 e. The van der Waals surface area contributed by atoms with Gasteiger partial charge in [0.2, 0.25) is 0 Å². The van der Waals surface area contributed by atoms with Gasteiger partial charge in [0.05, 0.1) is 0 Å². The molecule has 0 radical (unpaired) electrons. The molecule has 0 amide bonds. The van der Waals surface area contributed by atoms with Gasteiger partial charge in [0.15, 0.2) is 0 Å². The van der Waals surface area contributed by atoms with Crippen LogP contribution >= 0.6 is 0 Å². The minimum atomic E-state index is -0.811. The molecule has 1 aliphatic rings. The molecule has 0 unspecified atom stereocenters. The molecule has 4 nitrogen and oxygen atoms in total. The minimum Gasteiger partial charge on any atom is -0.489 e. The van der Waals surface area contributed by atoms with Crippen LogP contribution in [0.4, 0.5) is 0 Å². The van der Waals surface area contributed by atoms with E-state index in [0.717, 1.165) is 5.75 Å². The first-order valence-corrected chi connectivity index (χ1v) is 6.59. The number of carboxylic acids is 1. The normalized spacial score (nSPS) is 23.3. The van der Waals surface area contributed by atoms with Crippen molar-refractivity contribution in [3.8, 4) is 5.75 Å². The van der Waals surface area contributed by atoms with Crippen molar-refractivity contribution >= 4 is 5.97 Å². The highest BCUT2D eigenvalue weighted by molar-refractivity contribution is 5.73. The maximum absolute atomic E-state index is 10.8. The lowest BCUT2D eigenvalue weighted by Crippen LogP contribution is -2.30. The molecule has 19 heavy (non-hydrogen) atoms. The van der Waals surface area contributed by atoms with Crippen LogP contribution in [0.25, 0.3) is 0 Å². The van der Waals surface area contributed by atoms with Crippen LogP contribution < -0.4 is 10.1 Å². The van der Waals surface area contributed by atoms with Gasteiger partial charge in [0.1, 0.15) is 17.9 Å². The summed E-state index contributed by atoms with van der Waals surface area (Å²) in [5, 5.41) is 11.8. The summed E-state index contributed by atoms with van der Waals surface area (Å²) in [5.41, 5.74) is 1.38. The molecule has 0 spiro atoms. The lowest BCUT2D eigenvalue weighted by atomic mass is 9.87. The molecule has 2 rings (SSSR count). The molecular weight excluding hydrogens is 242 g/mol. The Balaban J connectivity index is 1.96. The molecule has 2 atom stereocenters. The van der Waals surface area contributed by atoms with Gasteiger partial charge in [-0.05, 0) is 23.1 Å². The summed E-state index contributed by atoms with van der Waals surface area (Å²) in [5.74, 6) is -0.0139. The molecule has 0 saturated carbocycles. The van der Waals surface area contributed by atoms with Crippen molar-refractivity contribution in [3.63, 3.8) is 0 Å². The molecule has 0 bridgehead atoms. The summed E-state index contributed by atoms with van der Waals surface area (Å²) in [6, 6.07) is 7.54. The fraction of sp³-hybridized carbons (Fsp3) is 0.533. The number of carbonyl (C=O) groups is 1. The smallest absolute Gasteiger partial charge is 0.320 e. The zero-order chi connectivity index (χ0) is 14.0. The number of benzene rings is 1. The van der Waals surface area contributed by atoms with Crippen LogP contribution in [-0.2, 0) is 10.2 Å². The van der Waals surface area contributed by atoms with Gasteiger partial charge in [0, 0.05) is 13.0 Å². The second-order valence-corrected chi connectivity index (χ2v) is 6.05. The molecule has 1 saturated heterocycles. The van der Waals surface area contributed by atoms with E-state index in [-0.39, 0.29) is 11.5 Å². The molecule has 2 N–H and O–H groups in total. The predicted octanol–water partition coefficient (Wildman–Crippen LogP) is 2.18. The zero-order valence-electron chi connectivity index (χ0n) is 11.6. The van der Waals surface area contributed by atoms with Crippen LogP contribution in [-0.4, -0.2) is 29.8 Å². The monoisotopic (exact) mass is 263 g/mol. The highest BCUT2D eigenvalue weighted by atomic mass is 16.5. The van der Waals surface area contributed by atoms with E-state index >= 15 is 0 Å². The van der Waals surface area contributed by atoms with E-state index in [1.165, 1.54) is 5.56 Å². The van der Waals surface area contributed by atoms with Crippen molar-refractivity contribution in [3.05, 3.63) is 29.8 Å². The van der Waals surface area contributed by atoms with Crippen molar-refractivity contribution in [2.45, 2.75) is 44.8 Å². The summed E-state index contributed by atoms with van der Waals surface area (Å²) >= 11 is 0. The number of rotatable bonds is 3. The number of ether oxygens (including phenoxy) is 1. The van der Waals surface area contributed by atoms with E-state index in [1.807, 2.05) is 12.1 Å². The number of hydrogen-bond acceptors (Lipinski definition) is 3. The Morgan fingerprint density at radius 3 is 2.42 bits per heavy atom. The Kier molecular flexibility index (Phi) is 3.80. The Morgan fingerprint density at radius 2 is 1.95 bits per heavy atom. The van der Waals surface area contributed by atoms with Crippen molar-refractivity contribution in [1.29, 1.82) is 0 Å². The summed E-state index contributed by atoms with van der Waals surface area (Å²) in [7, 11) is 0. The number of aliphatic carboxylic acids is 1. The van der Waals surface area contributed by atoms with E-state index in [4.69, 9.17) is 9.84 Å². The lowest BCUT2D eigenvalue weighted by molar-refractivity contribution is -0.139. The molecule has 4 heteroatoms. The molecule has 1 heterocycles. The van der Waals surface area contributed by atoms with Crippen molar-refractivity contribution in [1.82, 2.24) is 5.32 Å². The van der Waals surface area contributed by atoms with Crippen molar-refractivity contribution < 1.29 is 14.6 Å². The third-order valence-corrected chi connectivity index (χ3v) is 3.41. The average Bonchev–Trinajstić information content (AvgIpc) is 2.77. The molecular formula is C15H21NO3. The quantitative estimate of drug-likeness (QED) is 0.877. The Labute approximate surface area is 113 Å². The summed E-state index contributed by atoms with van der Waals surface area (Å²) in [4.78, 5) is 10.8. The molecule has 1 fully saturated rings. The fourth-order valence-electron chi connectivity index (χ4n) is 2.21. The van der Waals surface area contributed by atoms with E-state index in [2.05, 4.69) is 38.2 Å². The van der Waals surface area contributed by atoms with Crippen LogP contribution in [0.3, 0.4) is 0 Å². The van der Waals surface area contributed by atoms with Gasteiger partial charge >= 0.3 is 5.97 Å². The number of nitrogens with one attached hydrogen (secondary N) is 1. The van der Waals surface area contributed by atoms with Gasteiger partial charge in [0.25, 0.3) is 0 Å². The van der Waals surface area contributed by atoms with Crippen LogP contribution in [0.2, 0.25) is 0 Å². The second kappa shape index (κ2) is 5.21. The van der Waals surface area contributed by atoms with Crippen LogP contribution in [0, 0.1) is 0 Å². The highest BCUT2D eigenvalue weighted by Gasteiger charge is 2.30.